The number of hydrogen-bond acceptors (Lipinski definition) is 18. The van der Waals surface area contributed by atoms with Gasteiger partial charge in [0.1, 0.15) is 25.3 Å². The number of aliphatic carboxylic acids is 4. The number of amides is 4. The highest BCUT2D eigenvalue weighted by molar-refractivity contribution is 7.80. The van der Waals surface area contributed by atoms with Gasteiger partial charge in [-0.3, -0.25) is 53.8 Å². The lowest BCUT2D eigenvalue weighted by atomic mass is 10.0. The summed E-state index contributed by atoms with van der Waals surface area (Å²) in [4.78, 5) is 119. The Balaban J connectivity index is 4.01. The van der Waals surface area contributed by atoms with Gasteiger partial charge in [0.05, 0.1) is 64.8 Å². The zero-order valence-electron chi connectivity index (χ0n) is 42.7. The number of carbonyl (C=O) groups is 10. The van der Waals surface area contributed by atoms with Crippen LogP contribution in [0.4, 0.5) is 0 Å². The van der Waals surface area contributed by atoms with E-state index in [1.54, 1.807) is 0 Å². The molecule has 4 atom stereocenters. The van der Waals surface area contributed by atoms with Crippen molar-refractivity contribution in [3.63, 3.8) is 0 Å². The lowest BCUT2D eigenvalue weighted by molar-refractivity contribution is -0.142. The van der Waals surface area contributed by atoms with Crippen LogP contribution in [-0.2, 0) is 66.9 Å². The van der Waals surface area contributed by atoms with E-state index in [2.05, 4.69) is 57.2 Å². The maximum atomic E-state index is 12.9. The summed E-state index contributed by atoms with van der Waals surface area (Å²) in [5.74, 6) is -7.32. The molecule has 0 fully saturated rings. The minimum Gasteiger partial charge on any atom is -0.481 e. The summed E-state index contributed by atoms with van der Waals surface area (Å²) in [5.41, 5.74) is 0. The average molecular weight is 1100 g/mol. The topological polar surface area (TPSA) is 361 Å². The number of nitrogens with one attached hydrogen (secondary N) is 6. The molecule has 0 heterocycles. The van der Waals surface area contributed by atoms with E-state index in [9.17, 15) is 53.1 Å². The Morgan fingerprint density at radius 3 is 1.24 bits per heavy atom. The molecule has 0 saturated heterocycles. The van der Waals surface area contributed by atoms with E-state index in [1.165, 1.54) is 32.1 Å². The standard InChI is InChI=1S/C48H84N6O18S2/c55-39(29-51-37(33-73)40(56)30-52-38(34-74)48(67)68)35(18-20-46(63)64)53-44(60)32-72-28-26-70-24-22-50-43(59)31-71-27-25-69-23-21-49-41(57)19-17-36(47(65)66)54-42(58)15-13-11-9-7-5-3-1-2-4-6-8-10-12-14-16-45(61)62/h35-38,51-52,73-74H,1-34H2,(H,49,57)(H,50,59)(H,53,60)(H,54,58)(H,61,62)(H,63,64)(H,65,66)(H,67,68)/t35-,36-,37-,38-/m0/s1. The Labute approximate surface area is 445 Å². The highest BCUT2D eigenvalue weighted by atomic mass is 32.1. The van der Waals surface area contributed by atoms with Crippen LogP contribution >= 0.6 is 25.3 Å². The third-order valence-corrected chi connectivity index (χ3v) is 11.9. The molecule has 24 nitrogen and oxygen atoms in total. The van der Waals surface area contributed by atoms with Crippen LogP contribution in [0.3, 0.4) is 0 Å². The molecule has 426 valence electrons. The van der Waals surface area contributed by atoms with Crippen LogP contribution in [0.2, 0.25) is 0 Å². The van der Waals surface area contributed by atoms with Gasteiger partial charge in [-0.05, 0) is 25.7 Å². The number of thiol groups is 2. The molecule has 10 N–H and O–H groups in total. The number of carboxylic acid groups (broad SMARTS) is 4. The number of rotatable bonds is 53. The number of hydrogen-bond donors (Lipinski definition) is 12. The van der Waals surface area contributed by atoms with Crippen molar-refractivity contribution in [1.82, 2.24) is 31.9 Å². The van der Waals surface area contributed by atoms with Crippen LogP contribution in [0.1, 0.15) is 128 Å². The molecule has 0 rings (SSSR count). The minimum atomic E-state index is -1.21. The molecule has 4 amide bonds. The van der Waals surface area contributed by atoms with Gasteiger partial charge < -0.3 is 60.6 Å². The third kappa shape index (κ3) is 41.9. The van der Waals surface area contributed by atoms with E-state index in [-0.39, 0.29) is 115 Å². The van der Waals surface area contributed by atoms with Gasteiger partial charge in [-0.2, -0.15) is 25.3 Å². The summed E-state index contributed by atoms with van der Waals surface area (Å²) in [7, 11) is 0. The van der Waals surface area contributed by atoms with Gasteiger partial charge in [-0.25, -0.2) is 4.79 Å². The monoisotopic (exact) mass is 1100 g/mol. The maximum Gasteiger partial charge on any atom is 0.326 e. The lowest BCUT2D eigenvalue weighted by Gasteiger charge is -2.20. The van der Waals surface area contributed by atoms with Crippen molar-refractivity contribution in [1.29, 1.82) is 0 Å². The highest BCUT2D eigenvalue weighted by Crippen LogP contribution is 2.14. The molecular formula is C48H84N6O18S2. The molecule has 0 aromatic carbocycles. The molecule has 0 aliphatic rings. The molecule has 74 heavy (non-hydrogen) atoms. The molecule has 26 heteroatoms. The minimum absolute atomic E-state index is 0.0166. The maximum absolute atomic E-state index is 12.9. The average Bonchev–Trinajstić information content (AvgIpc) is 3.35. The molecular weight excluding hydrogens is 1010 g/mol. The van der Waals surface area contributed by atoms with Gasteiger partial charge >= 0.3 is 23.9 Å². The van der Waals surface area contributed by atoms with Crippen molar-refractivity contribution in [3.05, 3.63) is 0 Å². The van der Waals surface area contributed by atoms with E-state index >= 15 is 0 Å². The van der Waals surface area contributed by atoms with Crippen molar-refractivity contribution in [2.75, 3.05) is 90.5 Å². The first-order valence-electron chi connectivity index (χ1n) is 25.6. The summed E-state index contributed by atoms with van der Waals surface area (Å²) in [5, 5.41) is 51.9. The summed E-state index contributed by atoms with van der Waals surface area (Å²) in [6.45, 7) is -0.585. The number of carbonyl (C=O) groups excluding carboxylic acids is 6. The predicted molar refractivity (Wildman–Crippen MR) is 277 cm³/mol. The highest BCUT2D eigenvalue weighted by Gasteiger charge is 2.26. The molecule has 0 unspecified atom stereocenters. The van der Waals surface area contributed by atoms with Crippen LogP contribution in [0, 0.1) is 0 Å². The number of carboxylic acids is 4. The largest absolute Gasteiger partial charge is 0.481 e. The zero-order valence-corrected chi connectivity index (χ0v) is 44.5. The summed E-state index contributed by atoms with van der Waals surface area (Å²) in [6.07, 6.45) is 14.5. The van der Waals surface area contributed by atoms with E-state index in [0.29, 0.717) is 6.42 Å². The van der Waals surface area contributed by atoms with Gasteiger partial charge in [-0.15, -0.1) is 0 Å². The normalized spacial score (nSPS) is 12.7. The number of Topliss-reactive ketones (excluding diaryl/α,β-unsaturated/α-hetero) is 2. The smallest absolute Gasteiger partial charge is 0.326 e. The molecule has 0 aromatic rings. The Hall–Kier alpha value is -4.44. The fourth-order valence-electron chi connectivity index (χ4n) is 6.94. The Morgan fingerprint density at radius 1 is 0.378 bits per heavy atom. The summed E-state index contributed by atoms with van der Waals surface area (Å²) < 4.78 is 21.3. The van der Waals surface area contributed by atoms with E-state index in [0.717, 1.165) is 51.4 Å². The fraction of sp³-hybridized carbons (Fsp3) is 0.792. The van der Waals surface area contributed by atoms with Crippen LogP contribution in [0.15, 0.2) is 0 Å². The zero-order chi connectivity index (χ0) is 55.2. The molecule has 0 radical (unpaired) electrons. The quantitative estimate of drug-likeness (QED) is 0.0302. The van der Waals surface area contributed by atoms with Crippen molar-refractivity contribution >= 4 is 84.3 Å². The Kier molecular flexibility index (Phi) is 44.2. The summed E-state index contributed by atoms with van der Waals surface area (Å²) in [6, 6.07) is -4.38. The van der Waals surface area contributed by atoms with Gasteiger partial charge in [0.15, 0.2) is 11.6 Å². The number of ketones is 2. The van der Waals surface area contributed by atoms with E-state index in [4.69, 9.17) is 34.3 Å². The van der Waals surface area contributed by atoms with Crippen LogP contribution in [0.5, 0.6) is 0 Å². The van der Waals surface area contributed by atoms with Gasteiger partial charge in [0, 0.05) is 50.3 Å². The van der Waals surface area contributed by atoms with E-state index in [1.807, 2.05) is 0 Å². The first-order valence-corrected chi connectivity index (χ1v) is 26.8. The van der Waals surface area contributed by atoms with Crippen molar-refractivity contribution in [2.45, 2.75) is 153 Å². The molecule has 0 bridgehead atoms. The third-order valence-electron chi connectivity index (χ3n) is 11.2. The molecule has 0 spiro atoms. The van der Waals surface area contributed by atoms with E-state index < -0.39 is 96.9 Å². The number of unbranched alkanes of at least 4 members (excludes halogenated alkanes) is 13. The second-order valence-corrected chi connectivity index (χ2v) is 18.2. The second kappa shape index (κ2) is 47.0. The van der Waals surface area contributed by atoms with Gasteiger partial charge in [0.25, 0.3) is 0 Å². The van der Waals surface area contributed by atoms with Crippen LogP contribution < -0.4 is 31.9 Å². The van der Waals surface area contributed by atoms with Crippen molar-refractivity contribution in [2.24, 2.45) is 0 Å². The van der Waals surface area contributed by atoms with Gasteiger partial charge in [0.2, 0.25) is 23.6 Å². The Bertz CT molecular complexity index is 1650. The first-order chi connectivity index (χ1) is 35.5. The fourth-order valence-corrected chi connectivity index (χ4v) is 7.56. The molecule has 0 saturated carbocycles. The summed E-state index contributed by atoms with van der Waals surface area (Å²) >= 11 is 8.03. The van der Waals surface area contributed by atoms with Crippen LogP contribution in [-0.4, -0.2) is 194 Å². The van der Waals surface area contributed by atoms with Crippen molar-refractivity contribution < 1.29 is 87.3 Å². The SMILES string of the molecule is O=C(O)CCCCCCCCCCCCCCCCC(=O)N[C@@H](CCC(=O)NCCOCCOCC(=O)NCCOCCOCC(=O)N[C@@H](CCC(=O)O)C(=O)CN[C@@H](CS)C(=O)CN[C@@H](CS)C(=O)O)C(=O)O. The molecule has 0 aliphatic carbocycles. The number of ether oxygens (including phenoxy) is 4. The predicted octanol–water partition coefficient (Wildman–Crippen LogP) is 1.31. The first kappa shape index (κ1) is 69.6. The lowest BCUT2D eigenvalue weighted by Crippen LogP contribution is -2.51. The van der Waals surface area contributed by atoms with Gasteiger partial charge in [-0.1, -0.05) is 77.0 Å². The second-order valence-electron chi connectivity index (χ2n) is 17.4. The molecule has 0 aliphatic heterocycles. The van der Waals surface area contributed by atoms with Crippen LogP contribution in [0.25, 0.3) is 0 Å². The Morgan fingerprint density at radius 2 is 0.770 bits per heavy atom. The van der Waals surface area contributed by atoms with Crippen molar-refractivity contribution in [3.8, 4) is 0 Å². The molecule has 0 aromatic heterocycles.